The molecular formula is C11H14FNO3. The van der Waals surface area contributed by atoms with E-state index in [1.807, 2.05) is 0 Å². The molecule has 0 unspecified atom stereocenters. The van der Waals surface area contributed by atoms with Crippen molar-refractivity contribution in [2.24, 2.45) is 0 Å². The van der Waals surface area contributed by atoms with Gasteiger partial charge in [-0.05, 0) is 19.1 Å². The third kappa shape index (κ3) is 4.63. The molecule has 0 saturated carbocycles. The fourth-order valence-electron chi connectivity index (χ4n) is 1.06. The molecule has 0 aliphatic rings. The van der Waals surface area contributed by atoms with Gasteiger partial charge in [-0.3, -0.25) is 0 Å². The first-order chi connectivity index (χ1) is 7.72. The summed E-state index contributed by atoms with van der Waals surface area (Å²) in [6.45, 7) is 2.64. The second-order valence-corrected chi connectivity index (χ2v) is 2.95. The Bertz CT molecular complexity index is 344. The largest absolute Gasteiger partial charge is 0.492 e. The van der Waals surface area contributed by atoms with Crippen molar-refractivity contribution in [2.45, 2.75) is 6.92 Å². The second-order valence-electron chi connectivity index (χ2n) is 2.95. The quantitative estimate of drug-likeness (QED) is 0.782. The Morgan fingerprint density at radius 2 is 2.31 bits per heavy atom. The molecule has 0 aliphatic carbocycles. The Labute approximate surface area is 93.4 Å². The van der Waals surface area contributed by atoms with E-state index in [9.17, 15) is 9.18 Å². The smallest absolute Gasteiger partial charge is 0.407 e. The predicted octanol–water partition coefficient (Wildman–Crippen LogP) is 1.95. The first kappa shape index (κ1) is 12.3. The van der Waals surface area contributed by atoms with Crippen molar-refractivity contribution in [3.05, 3.63) is 30.1 Å². The van der Waals surface area contributed by atoms with Gasteiger partial charge in [0, 0.05) is 6.07 Å². The number of alkyl carbamates (subject to hydrolysis) is 1. The van der Waals surface area contributed by atoms with Crippen LogP contribution in [-0.4, -0.2) is 25.9 Å². The standard InChI is InChI=1S/C11H14FNO3/c1-2-15-11(14)13-6-7-16-10-5-3-4-9(12)8-10/h3-5,8H,2,6-7H2,1H3,(H,13,14). The molecule has 0 saturated heterocycles. The third-order valence-corrected chi connectivity index (χ3v) is 1.71. The summed E-state index contributed by atoms with van der Waals surface area (Å²) in [5, 5.41) is 2.49. The van der Waals surface area contributed by atoms with Crippen LogP contribution in [0.5, 0.6) is 5.75 Å². The number of ether oxygens (including phenoxy) is 2. The van der Waals surface area contributed by atoms with Crippen LogP contribution in [0.3, 0.4) is 0 Å². The van der Waals surface area contributed by atoms with Gasteiger partial charge >= 0.3 is 6.09 Å². The molecule has 16 heavy (non-hydrogen) atoms. The number of carbonyl (C=O) groups is 1. The summed E-state index contributed by atoms with van der Waals surface area (Å²) in [6.07, 6.45) is -0.481. The van der Waals surface area contributed by atoms with Crippen LogP contribution in [0.4, 0.5) is 9.18 Å². The van der Waals surface area contributed by atoms with Crippen molar-refractivity contribution in [3.8, 4) is 5.75 Å². The number of hydrogen-bond donors (Lipinski definition) is 1. The van der Waals surface area contributed by atoms with E-state index in [0.29, 0.717) is 18.9 Å². The summed E-state index contributed by atoms with van der Waals surface area (Å²) in [6, 6.07) is 5.82. The minimum absolute atomic E-state index is 0.266. The SMILES string of the molecule is CCOC(=O)NCCOc1cccc(F)c1. The normalized spacial score (nSPS) is 9.62. The van der Waals surface area contributed by atoms with Crippen LogP contribution in [-0.2, 0) is 4.74 Å². The van der Waals surface area contributed by atoms with E-state index >= 15 is 0 Å². The molecule has 1 N–H and O–H groups in total. The fraction of sp³-hybridized carbons (Fsp3) is 0.364. The molecule has 1 aromatic rings. The van der Waals surface area contributed by atoms with Crippen molar-refractivity contribution in [3.63, 3.8) is 0 Å². The number of nitrogens with one attached hydrogen (secondary N) is 1. The summed E-state index contributed by atoms with van der Waals surface area (Å²) in [7, 11) is 0. The summed E-state index contributed by atoms with van der Waals surface area (Å²) in [4.78, 5) is 10.9. The molecule has 0 fully saturated rings. The average Bonchev–Trinajstić information content (AvgIpc) is 2.25. The van der Waals surface area contributed by atoms with Crippen LogP contribution in [0.15, 0.2) is 24.3 Å². The molecule has 0 aliphatic heterocycles. The lowest BCUT2D eigenvalue weighted by Gasteiger charge is -2.07. The van der Waals surface area contributed by atoms with Crippen molar-refractivity contribution in [1.29, 1.82) is 0 Å². The van der Waals surface area contributed by atoms with Gasteiger partial charge in [0.05, 0.1) is 13.2 Å². The maximum absolute atomic E-state index is 12.7. The van der Waals surface area contributed by atoms with Crippen LogP contribution in [0.2, 0.25) is 0 Å². The van der Waals surface area contributed by atoms with E-state index in [1.54, 1.807) is 19.1 Å². The van der Waals surface area contributed by atoms with Gasteiger partial charge in [-0.1, -0.05) is 6.07 Å². The van der Waals surface area contributed by atoms with Gasteiger partial charge in [0.1, 0.15) is 18.2 Å². The van der Waals surface area contributed by atoms with Gasteiger partial charge in [-0.15, -0.1) is 0 Å². The lowest BCUT2D eigenvalue weighted by molar-refractivity contribution is 0.150. The predicted molar refractivity (Wildman–Crippen MR) is 56.9 cm³/mol. The number of carbonyl (C=O) groups excluding carboxylic acids is 1. The van der Waals surface area contributed by atoms with E-state index in [1.165, 1.54) is 12.1 Å². The van der Waals surface area contributed by atoms with Gasteiger partial charge in [-0.25, -0.2) is 9.18 Å². The maximum Gasteiger partial charge on any atom is 0.407 e. The molecule has 0 bridgehead atoms. The Morgan fingerprint density at radius 1 is 1.50 bits per heavy atom. The summed E-state index contributed by atoms with van der Waals surface area (Å²) >= 11 is 0. The van der Waals surface area contributed by atoms with Gasteiger partial charge in [0.15, 0.2) is 0 Å². The van der Waals surface area contributed by atoms with E-state index < -0.39 is 6.09 Å². The highest BCUT2D eigenvalue weighted by Gasteiger charge is 1.99. The second kappa shape index (κ2) is 6.66. The third-order valence-electron chi connectivity index (χ3n) is 1.71. The number of hydrogen-bond acceptors (Lipinski definition) is 3. The topological polar surface area (TPSA) is 47.6 Å². The van der Waals surface area contributed by atoms with Gasteiger partial charge in [-0.2, -0.15) is 0 Å². The highest BCUT2D eigenvalue weighted by Crippen LogP contribution is 2.11. The Hall–Kier alpha value is -1.78. The van der Waals surface area contributed by atoms with Crippen LogP contribution in [0.25, 0.3) is 0 Å². The van der Waals surface area contributed by atoms with E-state index in [2.05, 4.69) is 10.1 Å². The summed E-state index contributed by atoms with van der Waals surface area (Å²) in [5.74, 6) is 0.0847. The molecule has 1 amide bonds. The number of halogens is 1. The van der Waals surface area contributed by atoms with E-state index in [4.69, 9.17) is 4.74 Å². The zero-order chi connectivity index (χ0) is 11.8. The summed E-state index contributed by atoms with van der Waals surface area (Å²) in [5.41, 5.74) is 0. The highest BCUT2D eigenvalue weighted by atomic mass is 19.1. The lowest BCUT2D eigenvalue weighted by atomic mass is 10.3. The van der Waals surface area contributed by atoms with Crippen LogP contribution >= 0.6 is 0 Å². The molecular weight excluding hydrogens is 213 g/mol. The Morgan fingerprint density at radius 3 is 3.00 bits per heavy atom. The molecule has 0 heterocycles. The first-order valence-corrected chi connectivity index (χ1v) is 5.01. The van der Waals surface area contributed by atoms with Crippen molar-refractivity contribution in [2.75, 3.05) is 19.8 Å². The molecule has 0 spiro atoms. The van der Waals surface area contributed by atoms with Crippen LogP contribution in [0.1, 0.15) is 6.92 Å². The molecule has 4 nitrogen and oxygen atoms in total. The molecule has 1 rings (SSSR count). The molecule has 0 aromatic heterocycles. The zero-order valence-electron chi connectivity index (χ0n) is 9.03. The molecule has 0 radical (unpaired) electrons. The number of benzene rings is 1. The minimum Gasteiger partial charge on any atom is -0.492 e. The van der Waals surface area contributed by atoms with Crippen LogP contribution in [0, 0.1) is 5.82 Å². The van der Waals surface area contributed by atoms with Gasteiger partial charge in [0.25, 0.3) is 0 Å². The number of rotatable bonds is 5. The lowest BCUT2D eigenvalue weighted by Crippen LogP contribution is -2.28. The van der Waals surface area contributed by atoms with E-state index in [0.717, 1.165) is 0 Å². The monoisotopic (exact) mass is 227 g/mol. The van der Waals surface area contributed by atoms with Crippen LogP contribution < -0.4 is 10.1 Å². The van der Waals surface area contributed by atoms with E-state index in [-0.39, 0.29) is 12.4 Å². The van der Waals surface area contributed by atoms with Crippen molar-refractivity contribution < 1.29 is 18.7 Å². The first-order valence-electron chi connectivity index (χ1n) is 5.01. The van der Waals surface area contributed by atoms with Crippen molar-refractivity contribution >= 4 is 6.09 Å². The van der Waals surface area contributed by atoms with Crippen molar-refractivity contribution in [1.82, 2.24) is 5.32 Å². The maximum atomic E-state index is 12.7. The van der Waals surface area contributed by atoms with Gasteiger partial charge < -0.3 is 14.8 Å². The highest BCUT2D eigenvalue weighted by molar-refractivity contribution is 5.66. The fourth-order valence-corrected chi connectivity index (χ4v) is 1.06. The average molecular weight is 227 g/mol. The van der Waals surface area contributed by atoms with Gasteiger partial charge in [0.2, 0.25) is 0 Å². The molecule has 5 heteroatoms. The Kier molecular flexibility index (Phi) is 5.11. The number of amides is 1. The molecule has 88 valence electrons. The molecule has 0 atom stereocenters. The zero-order valence-corrected chi connectivity index (χ0v) is 9.03. The molecule has 1 aromatic carbocycles. The Balaban J connectivity index is 2.18. The summed E-state index contributed by atoms with van der Waals surface area (Å²) < 4.78 is 22.6. The minimum atomic E-state index is -0.481.